The van der Waals surface area contributed by atoms with Crippen LogP contribution in [0.3, 0.4) is 0 Å². The summed E-state index contributed by atoms with van der Waals surface area (Å²) < 4.78 is 11.2. The Labute approximate surface area is 176 Å². The number of carbonyl (C=O) groups is 1. The molecule has 0 radical (unpaired) electrons. The van der Waals surface area contributed by atoms with Crippen molar-refractivity contribution in [3.63, 3.8) is 0 Å². The average Bonchev–Trinajstić information content (AvgIpc) is 3.31. The summed E-state index contributed by atoms with van der Waals surface area (Å²) in [4.78, 5) is 21.6. The fraction of sp³-hybridized carbons (Fsp3) is 0.545. The maximum Gasteiger partial charge on any atom is 0.253 e. The molecule has 2 aromatic rings. The van der Waals surface area contributed by atoms with Crippen molar-refractivity contribution in [3.8, 4) is 5.75 Å². The quantitative estimate of drug-likeness (QED) is 0.695. The summed E-state index contributed by atoms with van der Waals surface area (Å²) in [5.74, 6) is 1.54. The van der Waals surface area contributed by atoms with E-state index in [0.29, 0.717) is 17.9 Å². The van der Waals surface area contributed by atoms with Gasteiger partial charge in [0, 0.05) is 37.1 Å². The molecule has 3 heterocycles. The van der Waals surface area contributed by atoms with Gasteiger partial charge in [0.1, 0.15) is 12.4 Å². The molecule has 29 heavy (non-hydrogen) atoms. The van der Waals surface area contributed by atoms with Gasteiger partial charge in [-0.05, 0) is 49.9 Å². The fourth-order valence-corrected chi connectivity index (χ4v) is 4.53. The van der Waals surface area contributed by atoms with Gasteiger partial charge < -0.3 is 14.4 Å². The van der Waals surface area contributed by atoms with Gasteiger partial charge in [0.25, 0.3) is 5.91 Å². The molecule has 156 valence electrons. The molecule has 0 N–H and O–H groups in total. The Morgan fingerprint density at radius 2 is 2.03 bits per heavy atom. The van der Waals surface area contributed by atoms with E-state index >= 15 is 0 Å². The third-order valence-electron chi connectivity index (χ3n) is 5.81. The van der Waals surface area contributed by atoms with Gasteiger partial charge in [-0.15, -0.1) is 11.3 Å². The smallest absolute Gasteiger partial charge is 0.253 e. The number of hydrogen-bond acceptors (Lipinski definition) is 6. The highest BCUT2D eigenvalue weighted by Crippen LogP contribution is 2.24. The summed E-state index contributed by atoms with van der Waals surface area (Å²) in [6.07, 6.45) is 3.41. The Kier molecular flexibility index (Phi) is 7.14. The van der Waals surface area contributed by atoms with Crippen molar-refractivity contribution in [1.29, 1.82) is 0 Å². The molecular formula is C22H29N3O3S. The van der Waals surface area contributed by atoms with Gasteiger partial charge in [0.15, 0.2) is 0 Å². The van der Waals surface area contributed by atoms with E-state index in [-0.39, 0.29) is 5.91 Å². The molecule has 0 saturated carbocycles. The van der Waals surface area contributed by atoms with Gasteiger partial charge in [-0.25, -0.2) is 4.98 Å². The van der Waals surface area contributed by atoms with Crippen LogP contribution < -0.4 is 4.74 Å². The number of nitrogens with zero attached hydrogens (tertiary/aromatic N) is 3. The number of morpholine rings is 1. The van der Waals surface area contributed by atoms with E-state index in [0.717, 1.165) is 70.4 Å². The maximum absolute atomic E-state index is 12.9. The average molecular weight is 416 g/mol. The summed E-state index contributed by atoms with van der Waals surface area (Å²) in [5, 5.41) is 1.97. The minimum atomic E-state index is 0.107. The zero-order valence-electron chi connectivity index (χ0n) is 16.8. The third-order valence-corrected chi connectivity index (χ3v) is 6.45. The molecule has 2 saturated heterocycles. The SMILES string of the molecule is O=C(c1cccc(OCc2cscn2)c1)N1CCC(CCN2CCOCC2)CC1. The molecule has 1 aromatic heterocycles. The highest BCUT2D eigenvalue weighted by atomic mass is 32.1. The van der Waals surface area contributed by atoms with Crippen LogP contribution in [0.2, 0.25) is 0 Å². The van der Waals surface area contributed by atoms with Gasteiger partial charge in [0.2, 0.25) is 0 Å². The zero-order valence-corrected chi connectivity index (χ0v) is 17.6. The lowest BCUT2D eigenvalue weighted by Gasteiger charge is -2.34. The number of piperidine rings is 1. The van der Waals surface area contributed by atoms with Gasteiger partial charge in [0.05, 0.1) is 24.4 Å². The number of thiazole rings is 1. The molecule has 2 fully saturated rings. The monoisotopic (exact) mass is 415 g/mol. The Hall–Kier alpha value is -1.96. The van der Waals surface area contributed by atoms with Crippen molar-refractivity contribution in [2.45, 2.75) is 25.9 Å². The molecule has 0 spiro atoms. The van der Waals surface area contributed by atoms with Crippen molar-refractivity contribution in [3.05, 3.63) is 46.4 Å². The number of hydrogen-bond donors (Lipinski definition) is 0. The Bertz CT molecular complexity index is 769. The van der Waals surface area contributed by atoms with E-state index < -0.39 is 0 Å². The second-order valence-corrected chi connectivity index (χ2v) is 8.49. The Balaban J connectivity index is 1.24. The van der Waals surface area contributed by atoms with Gasteiger partial charge in [-0.2, -0.15) is 0 Å². The molecule has 0 unspecified atom stereocenters. The molecule has 0 aliphatic carbocycles. The predicted molar refractivity (Wildman–Crippen MR) is 113 cm³/mol. The molecular weight excluding hydrogens is 386 g/mol. The van der Waals surface area contributed by atoms with Crippen LogP contribution in [0.5, 0.6) is 5.75 Å². The summed E-state index contributed by atoms with van der Waals surface area (Å²) in [7, 11) is 0. The first-order chi connectivity index (χ1) is 14.3. The number of ether oxygens (including phenoxy) is 2. The fourth-order valence-electron chi connectivity index (χ4n) is 3.98. The number of carbonyl (C=O) groups excluding carboxylic acids is 1. The van der Waals surface area contributed by atoms with Gasteiger partial charge in [-0.3, -0.25) is 9.69 Å². The van der Waals surface area contributed by atoms with E-state index in [1.807, 2.05) is 34.5 Å². The normalized spacial score (nSPS) is 18.7. The first kappa shape index (κ1) is 20.3. The predicted octanol–water partition coefficient (Wildman–Crippen LogP) is 3.30. The molecule has 6 nitrogen and oxygen atoms in total. The van der Waals surface area contributed by atoms with E-state index in [9.17, 15) is 4.79 Å². The van der Waals surface area contributed by atoms with Crippen LogP contribution in [0.25, 0.3) is 0 Å². The minimum absolute atomic E-state index is 0.107. The van der Waals surface area contributed by atoms with Crippen molar-refractivity contribution >= 4 is 17.2 Å². The van der Waals surface area contributed by atoms with Crippen molar-refractivity contribution < 1.29 is 14.3 Å². The molecule has 2 aliphatic rings. The first-order valence-corrected chi connectivity index (χ1v) is 11.4. The number of likely N-dealkylation sites (tertiary alicyclic amines) is 1. The second kappa shape index (κ2) is 10.2. The first-order valence-electron chi connectivity index (χ1n) is 10.5. The van der Waals surface area contributed by atoms with E-state index in [1.54, 1.807) is 16.8 Å². The molecule has 2 aliphatic heterocycles. The van der Waals surface area contributed by atoms with E-state index in [4.69, 9.17) is 9.47 Å². The van der Waals surface area contributed by atoms with E-state index in [2.05, 4.69) is 9.88 Å². The topological polar surface area (TPSA) is 54.9 Å². The molecule has 4 rings (SSSR count). The van der Waals surface area contributed by atoms with Crippen LogP contribution in [-0.4, -0.2) is 66.6 Å². The lowest BCUT2D eigenvalue weighted by Crippen LogP contribution is -2.40. The van der Waals surface area contributed by atoms with Crippen molar-refractivity contribution in [1.82, 2.24) is 14.8 Å². The van der Waals surface area contributed by atoms with Crippen LogP contribution in [0.1, 0.15) is 35.3 Å². The zero-order chi connectivity index (χ0) is 19.9. The van der Waals surface area contributed by atoms with Crippen LogP contribution >= 0.6 is 11.3 Å². The van der Waals surface area contributed by atoms with E-state index in [1.165, 1.54) is 6.42 Å². The van der Waals surface area contributed by atoms with Gasteiger partial charge in [-0.1, -0.05) is 6.07 Å². The Morgan fingerprint density at radius 3 is 2.79 bits per heavy atom. The molecule has 7 heteroatoms. The summed E-state index contributed by atoms with van der Waals surface area (Å²) >= 11 is 1.55. The van der Waals surface area contributed by atoms with Gasteiger partial charge >= 0.3 is 0 Å². The largest absolute Gasteiger partial charge is 0.487 e. The lowest BCUT2D eigenvalue weighted by molar-refractivity contribution is 0.0332. The molecule has 0 bridgehead atoms. The third kappa shape index (κ3) is 5.78. The highest BCUT2D eigenvalue weighted by molar-refractivity contribution is 7.07. The molecule has 1 amide bonds. The number of aromatic nitrogens is 1. The van der Waals surface area contributed by atoms with Crippen LogP contribution in [0, 0.1) is 5.92 Å². The van der Waals surface area contributed by atoms with Crippen LogP contribution in [0.15, 0.2) is 35.2 Å². The van der Waals surface area contributed by atoms with Crippen LogP contribution in [-0.2, 0) is 11.3 Å². The number of rotatable bonds is 7. The minimum Gasteiger partial charge on any atom is -0.487 e. The molecule has 1 aromatic carbocycles. The second-order valence-electron chi connectivity index (χ2n) is 7.77. The Morgan fingerprint density at radius 1 is 1.21 bits per heavy atom. The molecule has 0 atom stereocenters. The van der Waals surface area contributed by atoms with Crippen molar-refractivity contribution in [2.24, 2.45) is 5.92 Å². The summed E-state index contributed by atoms with van der Waals surface area (Å²) in [5.41, 5.74) is 3.40. The maximum atomic E-state index is 12.9. The summed E-state index contributed by atoms with van der Waals surface area (Å²) in [6.45, 7) is 7.10. The standard InChI is InChI=1S/C22H29N3O3S/c26-22(19-2-1-3-21(14-19)28-15-20-16-29-17-23-20)25-8-5-18(6-9-25)4-7-24-10-12-27-13-11-24/h1-3,14,16-18H,4-13,15H2. The number of benzene rings is 1. The van der Waals surface area contributed by atoms with Crippen LogP contribution in [0.4, 0.5) is 0 Å². The number of amides is 1. The highest BCUT2D eigenvalue weighted by Gasteiger charge is 2.24. The van der Waals surface area contributed by atoms with Crippen molar-refractivity contribution in [2.75, 3.05) is 45.9 Å². The lowest BCUT2D eigenvalue weighted by atomic mass is 9.93. The summed E-state index contributed by atoms with van der Waals surface area (Å²) in [6, 6.07) is 7.50.